The van der Waals surface area contributed by atoms with E-state index in [1.165, 1.54) is 16.9 Å². The quantitative estimate of drug-likeness (QED) is 0.472. The maximum absolute atomic E-state index is 12.9. The fourth-order valence-corrected chi connectivity index (χ4v) is 5.64. The number of aliphatic hydroxyl groups excluding tert-OH is 1. The molecular weight excluding hydrogens is 464 g/mol. The topological polar surface area (TPSA) is 91.5 Å². The second-order valence-corrected chi connectivity index (χ2v) is 9.46. The molecule has 158 valence electrons. The van der Waals surface area contributed by atoms with Crippen LogP contribution < -0.4 is 11.1 Å². The van der Waals surface area contributed by atoms with Crippen LogP contribution in [0.1, 0.15) is 34.5 Å². The fraction of sp³-hybridized carbons (Fsp3) is 0.364. The Morgan fingerprint density at radius 3 is 2.73 bits per heavy atom. The Balaban J connectivity index is 1.53. The monoisotopic (exact) mass is 488 g/mol. The molecule has 1 aromatic carbocycles. The Morgan fingerprint density at radius 1 is 1.30 bits per heavy atom. The number of carbonyl (C=O) groups excluding carboxylic acids is 1. The number of nitrogens with two attached hydrogens (primary N) is 1. The standard InChI is InChI=1S/C22H25BrN4O2S/c1-2-10-27-16(18(17(27)12-28)13-5-7-14(23)8-6-13)11-26-21(29)20-19(24)15-4-3-9-25-22(15)30-20/h3-9,16-18,28H,2,10-12,24H2,1H3,(H,26,29). The van der Waals surface area contributed by atoms with E-state index in [1.54, 1.807) is 6.20 Å². The van der Waals surface area contributed by atoms with E-state index in [9.17, 15) is 9.90 Å². The molecule has 3 unspecified atom stereocenters. The highest BCUT2D eigenvalue weighted by Crippen LogP contribution is 2.41. The summed E-state index contributed by atoms with van der Waals surface area (Å²) in [7, 11) is 0. The normalized spacial score (nSPS) is 21.5. The number of thiophene rings is 1. The largest absolute Gasteiger partial charge is 0.397 e. The summed E-state index contributed by atoms with van der Waals surface area (Å²) in [6.45, 7) is 3.60. The number of halogens is 1. The average molecular weight is 489 g/mol. The SMILES string of the molecule is CCCN1C(CO)C(c2ccc(Br)cc2)C1CNC(=O)c1sc2ncccc2c1N. The molecule has 2 aromatic heterocycles. The van der Waals surface area contributed by atoms with E-state index in [2.05, 4.69) is 50.2 Å². The van der Waals surface area contributed by atoms with Crippen molar-refractivity contribution in [3.63, 3.8) is 0 Å². The number of fused-ring (bicyclic) bond motifs is 1. The maximum atomic E-state index is 12.9. The molecule has 1 saturated heterocycles. The van der Waals surface area contributed by atoms with Gasteiger partial charge in [0.05, 0.1) is 12.3 Å². The first kappa shape index (κ1) is 21.2. The zero-order valence-corrected chi connectivity index (χ0v) is 19.1. The lowest BCUT2D eigenvalue weighted by molar-refractivity contribution is -0.0412. The molecule has 6 nitrogen and oxygen atoms in total. The van der Waals surface area contributed by atoms with Crippen molar-refractivity contribution in [2.24, 2.45) is 0 Å². The van der Waals surface area contributed by atoms with Crippen LogP contribution in [0.3, 0.4) is 0 Å². The van der Waals surface area contributed by atoms with E-state index in [0.717, 1.165) is 27.7 Å². The smallest absolute Gasteiger partial charge is 0.263 e. The number of anilines is 1. The van der Waals surface area contributed by atoms with Crippen LogP contribution in [0.25, 0.3) is 10.2 Å². The first-order chi connectivity index (χ1) is 14.5. The lowest BCUT2D eigenvalue weighted by atomic mass is 9.75. The van der Waals surface area contributed by atoms with Crippen LogP contribution in [0.15, 0.2) is 47.1 Å². The van der Waals surface area contributed by atoms with Gasteiger partial charge in [0.1, 0.15) is 9.71 Å². The van der Waals surface area contributed by atoms with E-state index in [4.69, 9.17) is 5.73 Å². The number of carbonyl (C=O) groups is 1. The van der Waals surface area contributed by atoms with Gasteiger partial charge in [0.2, 0.25) is 0 Å². The average Bonchev–Trinajstić information content (AvgIpc) is 3.09. The van der Waals surface area contributed by atoms with E-state index < -0.39 is 0 Å². The molecule has 1 aliphatic heterocycles. The molecule has 0 saturated carbocycles. The molecule has 30 heavy (non-hydrogen) atoms. The van der Waals surface area contributed by atoms with Crippen molar-refractivity contribution in [3.8, 4) is 0 Å². The third-order valence-corrected chi connectivity index (χ3v) is 7.44. The van der Waals surface area contributed by atoms with Gasteiger partial charge in [-0.3, -0.25) is 9.69 Å². The summed E-state index contributed by atoms with van der Waals surface area (Å²) in [4.78, 5) is 20.8. The van der Waals surface area contributed by atoms with Gasteiger partial charge < -0.3 is 16.2 Å². The van der Waals surface area contributed by atoms with E-state index >= 15 is 0 Å². The molecule has 3 aromatic rings. The Hall–Kier alpha value is -2.00. The molecule has 3 heterocycles. The van der Waals surface area contributed by atoms with Crippen LogP contribution in [0.5, 0.6) is 0 Å². The number of benzene rings is 1. The summed E-state index contributed by atoms with van der Waals surface area (Å²) < 4.78 is 1.02. The highest BCUT2D eigenvalue weighted by atomic mass is 79.9. The molecular formula is C22H25BrN4O2S. The molecule has 3 atom stereocenters. The second kappa shape index (κ2) is 9.01. The van der Waals surface area contributed by atoms with Crippen molar-refractivity contribution in [1.82, 2.24) is 15.2 Å². The van der Waals surface area contributed by atoms with Crippen molar-refractivity contribution in [3.05, 3.63) is 57.5 Å². The van der Waals surface area contributed by atoms with Gasteiger partial charge in [-0.05, 0) is 42.8 Å². The van der Waals surface area contributed by atoms with Gasteiger partial charge in [-0.15, -0.1) is 11.3 Å². The van der Waals surface area contributed by atoms with Gasteiger partial charge in [0, 0.05) is 40.6 Å². The van der Waals surface area contributed by atoms with Crippen molar-refractivity contribution < 1.29 is 9.90 Å². The summed E-state index contributed by atoms with van der Waals surface area (Å²) >= 11 is 4.80. The molecule has 0 radical (unpaired) electrons. The second-order valence-electron chi connectivity index (χ2n) is 7.54. The van der Waals surface area contributed by atoms with Gasteiger partial charge in [0.15, 0.2) is 0 Å². The number of pyridine rings is 1. The summed E-state index contributed by atoms with van der Waals surface area (Å²) in [5.41, 5.74) is 7.86. The van der Waals surface area contributed by atoms with Gasteiger partial charge in [-0.1, -0.05) is 35.0 Å². The minimum absolute atomic E-state index is 0.0617. The predicted molar refractivity (Wildman–Crippen MR) is 125 cm³/mol. The zero-order valence-electron chi connectivity index (χ0n) is 16.7. The lowest BCUT2D eigenvalue weighted by Gasteiger charge is -2.55. The van der Waals surface area contributed by atoms with Crippen molar-refractivity contribution in [2.45, 2.75) is 31.3 Å². The van der Waals surface area contributed by atoms with Gasteiger partial charge >= 0.3 is 0 Å². The number of nitrogens with zero attached hydrogens (tertiary/aromatic N) is 2. The molecule has 0 aliphatic carbocycles. The minimum atomic E-state index is -0.172. The summed E-state index contributed by atoms with van der Waals surface area (Å²) in [6.07, 6.45) is 2.69. The van der Waals surface area contributed by atoms with Crippen molar-refractivity contribution >= 4 is 49.1 Å². The summed E-state index contributed by atoms with van der Waals surface area (Å²) in [6, 6.07) is 12.1. The van der Waals surface area contributed by atoms with Gasteiger partial charge in [0.25, 0.3) is 5.91 Å². The van der Waals surface area contributed by atoms with Crippen LogP contribution >= 0.6 is 27.3 Å². The molecule has 0 bridgehead atoms. The number of nitrogen functional groups attached to an aromatic ring is 1. The third kappa shape index (κ3) is 3.85. The number of aliphatic hydroxyl groups is 1. The molecule has 4 N–H and O–H groups in total. The third-order valence-electron chi connectivity index (χ3n) is 5.79. The van der Waals surface area contributed by atoms with Crippen LogP contribution in [0.2, 0.25) is 0 Å². The highest BCUT2D eigenvalue weighted by molar-refractivity contribution is 9.10. The number of rotatable bonds is 7. The Kier molecular flexibility index (Phi) is 6.38. The number of nitrogens with one attached hydrogen (secondary N) is 1. The van der Waals surface area contributed by atoms with Gasteiger partial charge in [-0.2, -0.15) is 0 Å². The number of hydrogen-bond donors (Lipinski definition) is 3. The van der Waals surface area contributed by atoms with E-state index in [1.807, 2.05) is 24.3 Å². The van der Waals surface area contributed by atoms with Crippen LogP contribution in [0.4, 0.5) is 5.69 Å². The van der Waals surface area contributed by atoms with Crippen LogP contribution in [-0.2, 0) is 0 Å². The number of aromatic nitrogens is 1. The first-order valence-corrected chi connectivity index (χ1v) is 11.7. The Morgan fingerprint density at radius 2 is 2.07 bits per heavy atom. The molecule has 4 rings (SSSR count). The molecule has 8 heteroatoms. The number of likely N-dealkylation sites (tertiary alicyclic amines) is 1. The number of amides is 1. The molecule has 1 aliphatic rings. The van der Waals surface area contributed by atoms with Crippen LogP contribution in [-0.4, -0.2) is 52.7 Å². The van der Waals surface area contributed by atoms with E-state index in [0.29, 0.717) is 17.1 Å². The summed E-state index contributed by atoms with van der Waals surface area (Å²) in [5, 5.41) is 13.9. The first-order valence-electron chi connectivity index (χ1n) is 10.1. The maximum Gasteiger partial charge on any atom is 0.263 e. The predicted octanol–water partition coefficient (Wildman–Crippen LogP) is 3.61. The lowest BCUT2D eigenvalue weighted by Crippen LogP contribution is -2.66. The molecule has 0 spiro atoms. The fourth-order valence-electron chi connectivity index (χ4n) is 4.39. The number of hydrogen-bond acceptors (Lipinski definition) is 6. The van der Waals surface area contributed by atoms with Crippen molar-refractivity contribution in [1.29, 1.82) is 0 Å². The van der Waals surface area contributed by atoms with Crippen molar-refractivity contribution in [2.75, 3.05) is 25.4 Å². The molecule has 1 fully saturated rings. The Labute approximate surface area is 188 Å². The Bertz CT molecular complexity index is 1040. The summed E-state index contributed by atoms with van der Waals surface area (Å²) in [5.74, 6) is -0.00896. The van der Waals surface area contributed by atoms with E-state index in [-0.39, 0.29) is 30.5 Å². The van der Waals surface area contributed by atoms with Gasteiger partial charge in [-0.25, -0.2) is 4.98 Å². The molecule has 1 amide bonds. The minimum Gasteiger partial charge on any atom is -0.397 e. The highest BCUT2D eigenvalue weighted by Gasteiger charge is 2.48. The zero-order chi connectivity index (χ0) is 21.3. The van der Waals surface area contributed by atoms with Crippen LogP contribution in [0, 0.1) is 0 Å².